The minimum atomic E-state index is 0.813. The molecule has 0 N–H and O–H groups in total. The molecule has 0 nitrogen and oxygen atoms in total. The summed E-state index contributed by atoms with van der Waals surface area (Å²) in [6.07, 6.45) is 9.74. The van der Waals surface area contributed by atoms with Crippen LogP contribution in [0, 0.1) is 35.5 Å². The first kappa shape index (κ1) is 21.7. The highest BCUT2D eigenvalue weighted by Gasteiger charge is 2.37. The second-order valence-electron chi connectivity index (χ2n) is 7.50. The van der Waals surface area contributed by atoms with Crippen molar-refractivity contribution in [2.24, 2.45) is 35.5 Å². The van der Waals surface area contributed by atoms with E-state index in [1.54, 1.807) is 5.57 Å². The molecule has 0 heterocycles. The molecule has 1 fully saturated rings. The van der Waals surface area contributed by atoms with Crippen molar-refractivity contribution < 1.29 is 0 Å². The molecule has 0 aromatic rings. The van der Waals surface area contributed by atoms with E-state index in [0.29, 0.717) is 0 Å². The maximum atomic E-state index is 2.61. The topological polar surface area (TPSA) is 0 Å². The molecule has 0 spiro atoms. The van der Waals surface area contributed by atoms with Crippen molar-refractivity contribution in [1.29, 1.82) is 0 Å². The van der Waals surface area contributed by atoms with Crippen LogP contribution in [0.25, 0.3) is 0 Å². The largest absolute Gasteiger partial charge is 0.0847 e. The summed E-state index contributed by atoms with van der Waals surface area (Å²) in [6.45, 7) is 20.2. The molecule has 2 aliphatic carbocycles. The van der Waals surface area contributed by atoms with Gasteiger partial charge >= 0.3 is 0 Å². The number of hydrogen-bond acceptors (Lipinski definition) is 0. The van der Waals surface area contributed by atoms with Crippen molar-refractivity contribution >= 4 is 0 Å². The van der Waals surface area contributed by atoms with Gasteiger partial charge in [-0.1, -0.05) is 86.8 Å². The summed E-state index contributed by atoms with van der Waals surface area (Å²) >= 11 is 0. The van der Waals surface area contributed by atoms with Crippen LogP contribution in [0.5, 0.6) is 0 Å². The predicted molar refractivity (Wildman–Crippen MR) is 103 cm³/mol. The van der Waals surface area contributed by atoms with E-state index in [1.807, 2.05) is 27.7 Å². The van der Waals surface area contributed by atoms with E-state index in [2.05, 4.69) is 40.7 Å². The van der Waals surface area contributed by atoms with Gasteiger partial charge in [-0.05, 0) is 54.8 Å². The predicted octanol–water partition coefficient (Wildman–Crippen LogP) is 7.74. The molecule has 0 amide bonds. The Bertz CT molecular complexity index is 299. The van der Waals surface area contributed by atoms with Crippen molar-refractivity contribution in [3.8, 4) is 0 Å². The molecule has 0 aliphatic heterocycles. The number of hydrogen-bond donors (Lipinski definition) is 0. The smallest absolute Gasteiger partial charge is 0.0203 e. The lowest BCUT2D eigenvalue weighted by Gasteiger charge is -2.40. The fraction of sp³-hybridized carbons (Fsp3) is 0.909. The van der Waals surface area contributed by atoms with Crippen molar-refractivity contribution in [2.45, 2.75) is 94.4 Å². The maximum absolute atomic E-state index is 2.61. The lowest BCUT2D eigenvalue weighted by Crippen LogP contribution is -2.31. The Kier molecular flexibility index (Phi) is 11.2. The first-order valence-electron chi connectivity index (χ1n) is 10.2. The van der Waals surface area contributed by atoms with E-state index in [-0.39, 0.29) is 0 Å². The van der Waals surface area contributed by atoms with Crippen LogP contribution in [0.1, 0.15) is 94.4 Å². The Labute approximate surface area is 142 Å². The second-order valence-corrected chi connectivity index (χ2v) is 7.50. The molecule has 0 heteroatoms. The van der Waals surface area contributed by atoms with Gasteiger partial charge in [-0.15, -0.1) is 0 Å². The van der Waals surface area contributed by atoms with Crippen molar-refractivity contribution in [3.05, 3.63) is 11.6 Å². The number of allylic oxidation sites excluding steroid dienone is 2. The van der Waals surface area contributed by atoms with Gasteiger partial charge in [-0.3, -0.25) is 0 Å². The fourth-order valence-corrected chi connectivity index (χ4v) is 4.51. The molecule has 0 saturated heterocycles. The minimum Gasteiger partial charge on any atom is -0.0847 e. The molecule has 0 aromatic heterocycles. The van der Waals surface area contributed by atoms with Crippen LogP contribution < -0.4 is 0 Å². The van der Waals surface area contributed by atoms with E-state index < -0.39 is 0 Å². The molecule has 0 aromatic carbocycles. The fourth-order valence-electron chi connectivity index (χ4n) is 4.51. The summed E-state index contributed by atoms with van der Waals surface area (Å²) in [4.78, 5) is 0. The van der Waals surface area contributed by atoms with Crippen LogP contribution in [-0.2, 0) is 0 Å². The Morgan fingerprint density at radius 3 is 2.00 bits per heavy atom. The zero-order chi connectivity index (χ0) is 17.3. The molecule has 0 radical (unpaired) electrons. The van der Waals surface area contributed by atoms with Gasteiger partial charge in [0.2, 0.25) is 0 Å². The molecule has 2 rings (SSSR count). The highest BCUT2D eigenvalue weighted by atomic mass is 14.4. The summed E-state index contributed by atoms with van der Waals surface area (Å²) < 4.78 is 0. The maximum Gasteiger partial charge on any atom is -0.0203 e. The zero-order valence-electron chi connectivity index (χ0n) is 17.1. The van der Waals surface area contributed by atoms with Gasteiger partial charge in [0.05, 0.1) is 0 Å². The molecule has 5 unspecified atom stereocenters. The zero-order valence-corrected chi connectivity index (χ0v) is 17.1. The van der Waals surface area contributed by atoms with Gasteiger partial charge in [-0.2, -0.15) is 0 Å². The van der Waals surface area contributed by atoms with E-state index in [9.17, 15) is 0 Å². The summed E-state index contributed by atoms with van der Waals surface area (Å²) in [5, 5.41) is 0. The second kappa shape index (κ2) is 11.3. The van der Waals surface area contributed by atoms with Gasteiger partial charge in [0, 0.05) is 0 Å². The normalized spacial score (nSPS) is 34.3. The van der Waals surface area contributed by atoms with Crippen LogP contribution in [0.3, 0.4) is 0 Å². The average molecular weight is 309 g/mol. The summed E-state index contributed by atoms with van der Waals surface area (Å²) in [5.41, 5.74) is 1.75. The summed E-state index contributed by atoms with van der Waals surface area (Å²) in [7, 11) is 0. The van der Waals surface area contributed by atoms with Crippen LogP contribution in [0.2, 0.25) is 0 Å². The van der Waals surface area contributed by atoms with E-state index >= 15 is 0 Å². The van der Waals surface area contributed by atoms with Crippen LogP contribution in [-0.4, -0.2) is 0 Å². The van der Waals surface area contributed by atoms with E-state index in [1.165, 1.54) is 32.1 Å². The van der Waals surface area contributed by atoms with Gasteiger partial charge in [0.25, 0.3) is 0 Å². The van der Waals surface area contributed by atoms with Crippen LogP contribution >= 0.6 is 0 Å². The molecule has 132 valence electrons. The van der Waals surface area contributed by atoms with Crippen molar-refractivity contribution in [3.63, 3.8) is 0 Å². The number of rotatable bonds is 3. The van der Waals surface area contributed by atoms with Gasteiger partial charge in [0.15, 0.2) is 0 Å². The summed E-state index contributed by atoms with van der Waals surface area (Å²) in [6, 6.07) is 0. The highest BCUT2D eigenvalue weighted by molar-refractivity contribution is 5.13. The third-order valence-corrected chi connectivity index (χ3v) is 5.82. The Morgan fingerprint density at radius 1 is 0.955 bits per heavy atom. The van der Waals surface area contributed by atoms with E-state index in [4.69, 9.17) is 0 Å². The summed E-state index contributed by atoms with van der Waals surface area (Å²) in [5.74, 6) is 5.48. The SMILES string of the molecule is CC.CC.CC(C)CC1=CCC(C2CCCC2C)C(C)C1C. The Morgan fingerprint density at radius 2 is 1.55 bits per heavy atom. The monoisotopic (exact) mass is 308 g/mol. The minimum absolute atomic E-state index is 0.813. The quantitative estimate of drug-likeness (QED) is 0.468. The molecule has 0 bridgehead atoms. The molecular weight excluding hydrogens is 264 g/mol. The third-order valence-electron chi connectivity index (χ3n) is 5.82. The van der Waals surface area contributed by atoms with Crippen molar-refractivity contribution in [1.82, 2.24) is 0 Å². The van der Waals surface area contributed by atoms with Gasteiger partial charge in [0.1, 0.15) is 0 Å². The lowest BCUT2D eigenvalue weighted by atomic mass is 9.65. The first-order valence-corrected chi connectivity index (χ1v) is 10.2. The molecule has 1 saturated carbocycles. The molecule has 2 aliphatic rings. The average Bonchev–Trinajstić information content (AvgIpc) is 2.94. The Balaban J connectivity index is 0.00000102. The molecule has 5 atom stereocenters. The van der Waals surface area contributed by atoms with Crippen LogP contribution in [0.4, 0.5) is 0 Å². The van der Waals surface area contributed by atoms with Gasteiger partial charge in [-0.25, -0.2) is 0 Å². The Hall–Kier alpha value is -0.260. The third kappa shape index (κ3) is 5.74. The molecule has 22 heavy (non-hydrogen) atoms. The van der Waals surface area contributed by atoms with Crippen molar-refractivity contribution in [2.75, 3.05) is 0 Å². The van der Waals surface area contributed by atoms with E-state index in [0.717, 1.165) is 35.5 Å². The van der Waals surface area contributed by atoms with Gasteiger partial charge < -0.3 is 0 Å². The highest BCUT2D eigenvalue weighted by Crippen LogP contribution is 2.47. The van der Waals surface area contributed by atoms with Crippen LogP contribution in [0.15, 0.2) is 11.6 Å². The lowest BCUT2D eigenvalue weighted by molar-refractivity contribution is 0.157. The standard InChI is InChI=1S/C18H32.2C2H6/c1-12(2)11-16-9-10-18(15(5)14(16)4)17-8-6-7-13(17)3;2*1-2/h9,12-15,17-18H,6-8,10-11H2,1-5H3;2*1-2H3. The first-order chi connectivity index (χ1) is 10.5. The molecular formula is C22H44.